The fourth-order valence-corrected chi connectivity index (χ4v) is 3.33. The number of quaternary nitrogens is 1. The summed E-state index contributed by atoms with van der Waals surface area (Å²) in [7, 11) is 0.358. The zero-order valence-corrected chi connectivity index (χ0v) is 17.6. The first-order valence-corrected chi connectivity index (χ1v) is 11.2. The van der Waals surface area contributed by atoms with Crippen molar-refractivity contribution in [3.8, 4) is 0 Å². The number of rotatable bonds is 16. The standard InChI is InChI=1S/C19H37NO5S/c1-18(2)19(21)25-16-13-15-20(3,4)14-11-9-7-5-6-8-10-12-17-26(22,23)24/h1,5-17H2,2-4H3. The van der Waals surface area contributed by atoms with E-state index in [1.54, 1.807) is 6.92 Å². The molecule has 0 fully saturated rings. The Morgan fingerprint density at radius 2 is 1.38 bits per heavy atom. The Labute approximate surface area is 159 Å². The van der Waals surface area contributed by atoms with Crippen LogP contribution in [0.1, 0.15) is 64.7 Å². The highest BCUT2D eigenvalue weighted by Gasteiger charge is 2.14. The molecule has 0 amide bonds. The van der Waals surface area contributed by atoms with Crippen LogP contribution < -0.4 is 0 Å². The van der Waals surface area contributed by atoms with Gasteiger partial charge in [0.25, 0.3) is 0 Å². The van der Waals surface area contributed by atoms with E-state index in [0.717, 1.165) is 49.7 Å². The number of esters is 1. The summed E-state index contributed by atoms with van der Waals surface area (Å²) >= 11 is 0. The van der Waals surface area contributed by atoms with Crippen LogP contribution in [0.15, 0.2) is 12.2 Å². The summed E-state index contributed by atoms with van der Waals surface area (Å²) in [6.45, 7) is 7.75. The SMILES string of the molecule is C=C(C)C(=O)OCCC[N+](C)(C)CCCCCCCCCCS(=O)(=O)[O-]. The van der Waals surface area contributed by atoms with Crippen LogP contribution in [0.2, 0.25) is 0 Å². The molecule has 154 valence electrons. The van der Waals surface area contributed by atoms with Gasteiger partial charge in [0.15, 0.2) is 0 Å². The molecule has 0 spiro atoms. The Bertz CT molecular complexity index is 514. The Morgan fingerprint density at radius 1 is 0.923 bits per heavy atom. The van der Waals surface area contributed by atoms with Crippen molar-refractivity contribution in [3.63, 3.8) is 0 Å². The van der Waals surface area contributed by atoms with E-state index in [0.29, 0.717) is 18.6 Å². The van der Waals surface area contributed by atoms with Gasteiger partial charge in [-0.3, -0.25) is 0 Å². The third-order valence-electron chi connectivity index (χ3n) is 4.40. The summed E-state index contributed by atoms with van der Waals surface area (Å²) < 4.78 is 37.5. The van der Waals surface area contributed by atoms with Gasteiger partial charge < -0.3 is 13.8 Å². The van der Waals surface area contributed by atoms with Gasteiger partial charge in [0, 0.05) is 17.7 Å². The first kappa shape index (κ1) is 25.1. The molecule has 0 rings (SSSR count). The van der Waals surface area contributed by atoms with Gasteiger partial charge in [-0.25, -0.2) is 13.2 Å². The fraction of sp³-hybridized carbons (Fsp3) is 0.842. The van der Waals surface area contributed by atoms with E-state index in [1.165, 1.54) is 19.3 Å². The lowest BCUT2D eigenvalue weighted by Gasteiger charge is -2.29. The molecule has 0 radical (unpaired) electrons. The first-order valence-electron chi connectivity index (χ1n) is 9.62. The van der Waals surface area contributed by atoms with Gasteiger partial charge in [-0.1, -0.05) is 38.7 Å². The minimum absolute atomic E-state index is 0.230. The van der Waals surface area contributed by atoms with Gasteiger partial charge in [-0.2, -0.15) is 0 Å². The van der Waals surface area contributed by atoms with Crippen LogP contribution in [0.5, 0.6) is 0 Å². The summed E-state index contributed by atoms with van der Waals surface area (Å²) in [5.74, 6) is -0.545. The number of unbranched alkanes of at least 4 members (excludes halogenated alkanes) is 7. The fourth-order valence-electron chi connectivity index (χ4n) is 2.77. The van der Waals surface area contributed by atoms with Crippen LogP contribution in [0.25, 0.3) is 0 Å². The smallest absolute Gasteiger partial charge is 0.333 e. The van der Waals surface area contributed by atoms with Crippen LogP contribution in [-0.4, -0.2) is 63.0 Å². The number of nitrogens with zero attached hydrogens (tertiary/aromatic N) is 1. The van der Waals surface area contributed by atoms with Crippen LogP contribution in [-0.2, 0) is 19.6 Å². The number of carbonyl (C=O) groups excluding carboxylic acids is 1. The lowest BCUT2D eigenvalue weighted by molar-refractivity contribution is -0.890. The highest BCUT2D eigenvalue weighted by atomic mass is 32.2. The maximum Gasteiger partial charge on any atom is 0.333 e. The van der Waals surface area contributed by atoms with E-state index in [1.807, 2.05) is 0 Å². The second-order valence-electron chi connectivity index (χ2n) is 7.74. The first-order chi connectivity index (χ1) is 12.0. The predicted molar refractivity (Wildman–Crippen MR) is 104 cm³/mol. The van der Waals surface area contributed by atoms with Gasteiger partial charge in [0.1, 0.15) is 0 Å². The molecule has 0 bridgehead atoms. The molecule has 6 nitrogen and oxygen atoms in total. The van der Waals surface area contributed by atoms with Crippen LogP contribution in [0, 0.1) is 0 Å². The second-order valence-corrected chi connectivity index (χ2v) is 9.27. The third kappa shape index (κ3) is 16.5. The maximum absolute atomic E-state index is 11.3. The highest BCUT2D eigenvalue weighted by molar-refractivity contribution is 7.85. The Morgan fingerprint density at radius 3 is 1.88 bits per heavy atom. The van der Waals surface area contributed by atoms with E-state index in [9.17, 15) is 17.8 Å². The summed E-state index contributed by atoms with van der Waals surface area (Å²) in [6, 6.07) is 0. The van der Waals surface area contributed by atoms with Crippen molar-refractivity contribution in [3.05, 3.63) is 12.2 Å². The van der Waals surface area contributed by atoms with Gasteiger partial charge in [0.05, 0.1) is 43.9 Å². The largest absolute Gasteiger partial charge is 0.748 e. The van der Waals surface area contributed by atoms with Crippen LogP contribution >= 0.6 is 0 Å². The highest BCUT2D eigenvalue weighted by Crippen LogP contribution is 2.11. The molecule has 0 aromatic carbocycles. The molecule has 0 aliphatic rings. The molecule has 0 aromatic heterocycles. The van der Waals surface area contributed by atoms with E-state index in [4.69, 9.17) is 4.74 Å². The van der Waals surface area contributed by atoms with Gasteiger partial charge in [-0.05, 0) is 26.2 Å². The van der Waals surface area contributed by atoms with Crippen molar-refractivity contribution in [1.82, 2.24) is 0 Å². The predicted octanol–water partition coefficient (Wildman–Crippen LogP) is 3.24. The van der Waals surface area contributed by atoms with Gasteiger partial charge in [-0.15, -0.1) is 0 Å². The molecular weight excluding hydrogens is 354 g/mol. The molecule has 0 atom stereocenters. The molecule has 0 N–H and O–H groups in total. The average molecular weight is 392 g/mol. The molecular formula is C19H37NO5S. The van der Waals surface area contributed by atoms with Crippen molar-refractivity contribution in [1.29, 1.82) is 0 Å². The average Bonchev–Trinajstić information content (AvgIpc) is 2.52. The second kappa shape index (κ2) is 13.3. The molecule has 0 aromatic rings. The minimum Gasteiger partial charge on any atom is -0.748 e. The molecule has 7 heteroatoms. The van der Waals surface area contributed by atoms with Gasteiger partial charge >= 0.3 is 5.97 Å². The van der Waals surface area contributed by atoms with Crippen molar-refractivity contribution < 1.29 is 27.0 Å². The van der Waals surface area contributed by atoms with Crippen molar-refractivity contribution in [2.24, 2.45) is 0 Å². The van der Waals surface area contributed by atoms with Crippen LogP contribution in [0.3, 0.4) is 0 Å². The summed E-state index contributed by atoms with van der Waals surface area (Å²) in [6.07, 6.45) is 8.98. The van der Waals surface area contributed by atoms with E-state index >= 15 is 0 Å². The van der Waals surface area contributed by atoms with Gasteiger partial charge in [0.2, 0.25) is 0 Å². The quantitative estimate of drug-likeness (QED) is 0.133. The van der Waals surface area contributed by atoms with Crippen LogP contribution in [0.4, 0.5) is 0 Å². The Balaban J connectivity index is 3.52. The number of ether oxygens (including phenoxy) is 1. The normalized spacial score (nSPS) is 12.2. The van der Waals surface area contributed by atoms with Crippen molar-refractivity contribution in [2.45, 2.75) is 64.7 Å². The van der Waals surface area contributed by atoms with Crippen molar-refractivity contribution in [2.75, 3.05) is 39.5 Å². The molecule has 26 heavy (non-hydrogen) atoms. The number of hydrogen-bond donors (Lipinski definition) is 0. The Hall–Kier alpha value is -0.920. The zero-order chi connectivity index (χ0) is 20.1. The Kier molecular flexibility index (Phi) is 12.8. The zero-order valence-electron chi connectivity index (χ0n) is 16.8. The third-order valence-corrected chi connectivity index (χ3v) is 5.19. The number of carbonyl (C=O) groups is 1. The molecule has 0 aliphatic heterocycles. The topological polar surface area (TPSA) is 83.5 Å². The lowest BCUT2D eigenvalue weighted by Crippen LogP contribution is -2.41. The molecule has 0 unspecified atom stereocenters. The molecule has 0 heterocycles. The summed E-state index contributed by atoms with van der Waals surface area (Å²) in [5, 5.41) is 0. The van der Waals surface area contributed by atoms with E-state index < -0.39 is 10.1 Å². The molecule has 0 saturated carbocycles. The molecule has 0 saturated heterocycles. The maximum atomic E-state index is 11.3. The van der Waals surface area contributed by atoms with E-state index in [-0.39, 0.29) is 11.7 Å². The summed E-state index contributed by atoms with van der Waals surface area (Å²) in [5.41, 5.74) is 0.439. The van der Waals surface area contributed by atoms with E-state index in [2.05, 4.69) is 20.7 Å². The van der Waals surface area contributed by atoms with Crippen molar-refractivity contribution >= 4 is 16.1 Å². The monoisotopic (exact) mass is 391 g/mol. The lowest BCUT2D eigenvalue weighted by atomic mass is 10.1. The summed E-state index contributed by atoms with van der Waals surface area (Å²) in [4.78, 5) is 11.3. The minimum atomic E-state index is -4.04. The molecule has 0 aliphatic carbocycles. The number of hydrogen-bond acceptors (Lipinski definition) is 5.